The van der Waals surface area contributed by atoms with Crippen LogP contribution in [0.4, 0.5) is 0 Å². The van der Waals surface area contributed by atoms with Gasteiger partial charge in [-0.1, -0.05) is 0 Å². The number of hydrogen-bond acceptors (Lipinski definition) is 2. The molecule has 2 heterocycles. The van der Waals surface area contributed by atoms with E-state index in [4.69, 9.17) is 4.74 Å². The highest BCUT2D eigenvalue weighted by Crippen LogP contribution is 2.54. The quantitative estimate of drug-likeness (QED) is 0.597. The van der Waals surface area contributed by atoms with Gasteiger partial charge in [0.25, 0.3) is 0 Å². The molecule has 74 valence electrons. The summed E-state index contributed by atoms with van der Waals surface area (Å²) in [4.78, 5) is 0. The zero-order valence-electron chi connectivity index (χ0n) is 7.96. The van der Waals surface area contributed by atoms with Gasteiger partial charge in [0.2, 0.25) is 0 Å². The van der Waals surface area contributed by atoms with Gasteiger partial charge >= 0.3 is 0 Å². The summed E-state index contributed by atoms with van der Waals surface area (Å²) in [5, 5.41) is 9.39. The molecular formula is C10H18NO2+. The van der Waals surface area contributed by atoms with Gasteiger partial charge in [-0.05, 0) is 31.1 Å². The molecule has 2 saturated carbocycles. The second-order valence-electron chi connectivity index (χ2n) is 5.41. The summed E-state index contributed by atoms with van der Waals surface area (Å²) in [5.41, 5.74) is 3.84. The van der Waals surface area contributed by atoms with Crippen molar-refractivity contribution in [2.75, 3.05) is 6.61 Å². The minimum absolute atomic E-state index is 0.146. The van der Waals surface area contributed by atoms with Crippen molar-refractivity contribution >= 4 is 0 Å². The average Bonchev–Trinajstić information content (AvgIpc) is 1.99. The molecule has 4 N–H and O–H groups in total. The zero-order chi connectivity index (χ0) is 9.10. The fourth-order valence-electron chi connectivity index (χ4n) is 4.01. The molecule has 2 aliphatic carbocycles. The molecule has 2 aliphatic heterocycles. The Balaban J connectivity index is 1.95. The first-order valence-electron chi connectivity index (χ1n) is 5.30. The van der Waals surface area contributed by atoms with Crippen molar-refractivity contribution in [3.8, 4) is 0 Å². The predicted molar refractivity (Wildman–Crippen MR) is 46.6 cm³/mol. The molecule has 4 aliphatic rings. The van der Waals surface area contributed by atoms with E-state index < -0.39 is 0 Å². The summed E-state index contributed by atoms with van der Waals surface area (Å²) in [7, 11) is 0. The number of aliphatic hydroxyl groups excluding tert-OH is 1. The second-order valence-corrected chi connectivity index (χ2v) is 5.41. The predicted octanol–water partition coefficient (Wildman–Crippen LogP) is -0.104. The fourth-order valence-corrected chi connectivity index (χ4v) is 4.01. The van der Waals surface area contributed by atoms with Crippen LogP contribution in [0.25, 0.3) is 0 Å². The van der Waals surface area contributed by atoms with Gasteiger partial charge in [-0.15, -0.1) is 0 Å². The second kappa shape index (κ2) is 2.27. The maximum absolute atomic E-state index is 9.39. The van der Waals surface area contributed by atoms with E-state index in [9.17, 15) is 5.11 Å². The van der Waals surface area contributed by atoms with Crippen LogP contribution < -0.4 is 5.73 Å². The molecule has 4 bridgehead atoms. The van der Waals surface area contributed by atoms with Crippen molar-refractivity contribution in [3.05, 3.63) is 0 Å². The molecule has 2 saturated heterocycles. The average molecular weight is 184 g/mol. The highest BCUT2D eigenvalue weighted by atomic mass is 16.5. The van der Waals surface area contributed by atoms with E-state index in [1.807, 2.05) is 0 Å². The van der Waals surface area contributed by atoms with Crippen LogP contribution in [-0.2, 0) is 4.74 Å². The Morgan fingerprint density at radius 3 is 2.31 bits per heavy atom. The lowest BCUT2D eigenvalue weighted by Crippen LogP contribution is -2.82. The number of aliphatic hydroxyl groups is 1. The van der Waals surface area contributed by atoms with Gasteiger partial charge in [-0.3, -0.25) is 0 Å². The molecule has 3 nitrogen and oxygen atoms in total. The Morgan fingerprint density at radius 1 is 1.23 bits per heavy atom. The third-order valence-corrected chi connectivity index (χ3v) is 4.03. The van der Waals surface area contributed by atoms with E-state index in [0.29, 0.717) is 0 Å². The van der Waals surface area contributed by atoms with E-state index in [1.165, 1.54) is 6.42 Å². The van der Waals surface area contributed by atoms with E-state index in [1.54, 1.807) is 0 Å². The van der Waals surface area contributed by atoms with E-state index in [-0.39, 0.29) is 17.9 Å². The molecule has 0 aromatic rings. The van der Waals surface area contributed by atoms with Crippen molar-refractivity contribution in [1.82, 2.24) is 0 Å². The molecule has 0 spiro atoms. The molecule has 13 heavy (non-hydrogen) atoms. The lowest BCUT2D eigenvalue weighted by Gasteiger charge is -2.57. The normalized spacial score (nSPS) is 58.6. The Bertz CT molecular complexity index is 227. The van der Waals surface area contributed by atoms with E-state index >= 15 is 0 Å². The van der Waals surface area contributed by atoms with E-state index in [2.05, 4.69) is 5.73 Å². The van der Waals surface area contributed by atoms with Crippen LogP contribution in [0.15, 0.2) is 0 Å². The third kappa shape index (κ3) is 1.07. The van der Waals surface area contributed by atoms with Crippen molar-refractivity contribution < 1.29 is 15.6 Å². The van der Waals surface area contributed by atoms with Crippen LogP contribution >= 0.6 is 0 Å². The number of rotatable bonds is 1. The maximum Gasteiger partial charge on any atom is 0.199 e. The topological polar surface area (TPSA) is 57.1 Å². The zero-order valence-corrected chi connectivity index (χ0v) is 7.96. The van der Waals surface area contributed by atoms with Crippen molar-refractivity contribution in [3.63, 3.8) is 0 Å². The van der Waals surface area contributed by atoms with Crippen LogP contribution in [0.1, 0.15) is 32.1 Å². The van der Waals surface area contributed by atoms with Gasteiger partial charge in [-0.2, -0.15) is 0 Å². The van der Waals surface area contributed by atoms with Crippen molar-refractivity contribution in [2.24, 2.45) is 11.8 Å². The molecule has 0 amide bonds. The SMILES string of the molecule is [NH3+]C12C[C@H]3C[C@H](C1)CC(CO)(C3)O2. The summed E-state index contributed by atoms with van der Waals surface area (Å²) in [5.74, 6) is 1.54. The van der Waals surface area contributed by atoms with Gasteiger partial charge in [0.15, 0.2) is 5.72 Å². The van der Waals surface area contributed by atoms with Gasteiger partial charge in [0.05, 0.1) is 12.2 Å². The number of ether oxygens (including phenoxy) is 1. The van der Waals surface area contributed by atoms with Crippen LogP contribution in [0.5, 0.6) is 0 Å². The molecule has 2 atom stereocenters. The molecule has 0 aromatic heterocycles. The van der Waals surface area contributed by atoms with Gasteiger partial charge in [-0.25, -0.2) is 0 Å². The Morgan fingerprint density at radius 2 is 1.85 bits per heavy atom. The van der Waals surface area contributed by atoms with Crippen LogP contribution in [0.2, 0.25) is 0 Å². The lowest BCUT2D eigenvalue weighted by atomic mass is 9.60. The Hall–Kier alpha value is -0.120. The summed E-state index contributed by atoms with van der Waals surface area (Å²) in [6.45, 7) is 0.192. The molecule has 4 fully saturated rings. The molecule has 0 unspecified atom stereocenters. The van der Waals surface area contributed by atoms with Gasteiger partial charge < -0.3 is 15.6 Å². The first kappa shape index (κ1) is 8.21. The minimum Gasteiger partial charge on any atom is -0.393 e. The molecule has 0 aromatic carbocycles. The summed E-state index contributed by atoms with van der Waals surface area (Å²) >= 11 is 0. The highest BCUT2D eigenvalue weighted by molar-refractivity contribution is 5.03. The maximum atomic E-state index is 9.39. The molecular weight excluding hydrogens is 166 g/mol. The number of hydrogen-bond donors (Lipinski definition) is 2. The Kier molecular flexibility index (Phi) is 1.43. The fraction of sp³-hybridized carbons (Fsp3) is 1.00. The van der Waals surface area contributed by atoms with Gasteiger partial charge in [0, 0.05) is 12.8 Å². The van der Waals surface area contributed by atoms with Crippen molar-refractivity contribution in [2.45, 2.75) is 43.4 Å². The summed E-state index contributed by atoms with van der Waals surface area (Å²) in [6.07, 6.45) is 5.72. The van der Waals surface area contributed by atoms with Crippen LogP contribution in [0, 0.1) is 11.8 Å². The summed E-state index contributed by atoms with van der Waals surface area (Å²) < 4.78 is 5.99. The molecule has 4 rings (SSSR count). The third-order valence-electron chi connectivity index (χ3n) is 4.03. The Labute approximate surface area is 78.3 Å². The monoisotopic (exact) mass is 184 g/mol. The smallest absolute Gasteiger partial charge is 0.199 e. The summed E-state index contributed by atoms with van der Waals surface area (Å²) in [6, 6.07) is 0. The number of quaternary nitrogens is 1. The van der Waals surface area contributed by atoms with Crippen LogP contribution in [-0.4, -0.2) is 23.0 Å². The van der Waals surface area contributed by atoms with Crippen molar-refractivity contribution in [1.29, 1.82) is 0 Å². The lowest BCUT2D eigenvalue weighted by molar-refractivity contribution is -0.601. The first-order chi connectivity index (χ1) is 6.13. The van der Waals surface area contributed by atoms with Crippen LogP contribution in [0.3, 0.4) is 0 Å². The standard InChI is InChI=1S/C10H17NO2/c11-10-4-7-1-8(5-10)3-9(2-7,6-12)13-10/h7-8,12H,1-6,11H2/p+1/t7-,8-,9?,10?/m0/s1. The molecule has 3 heteroatoms. The minimum atomic E-state index is -0.203. The first-order valence-corrected chi connectivity index (χ1v) is 5.30. The largest absolute Gasteiger partial charge is 0.393 e. The molecule has 0 radical (unpaired) electrons. The highest BCUT2D eigenvalue weighted by Gasteiger charge is 2.59. The van der Waals surface area contributed by atoms with Gasteiger partial charge in [0.1, 0.15) is 0 Å². The van der Waals surface area contributed by atoms with E-state index in [0.717, 1.165) is 37.5 Å².